The van der Waals surface area contributed by atoms with E-state index in [1.807, 2.05) is 0 Å². The van der Waals surface area contributed by atoms with Crippen molar-refractivity contribution < 1.29 is 57.2 Å². The third kappa shape index (κ3) is 39.5. The largest absolute Gasteiger partial charge is 0.388 e. The number of aliphatic hydroxyl groups is 1. The standard InChI is InChI=1S/C32H66O12/c1-3-4-5-8-11-35-16-18-38-23-25-41-26-27-42-28-29-44-31-32(33)30-43-13-10-7-6-9-12-36-17-19-39-22-24-40-21-20-37-15-14-34-2/h32-33H,3-31H2,1-2H3. The van der Waals surface area contributed by atoms with Crippen molar-refractivity contribution in [1.82, 2.24) is 0 Å². The van der Waals surface area contributed by atoms with E-state index in [0.717, 1.165) is 45.3 Å². The van der Waals surface area contributed by atoms with Crippen molar-refractivity contribution in [2.45, 2.75) is 64.4 Å². The normalized spacial score (nSPS) is 12.3. The van der Waals surface area contributed by atoms with Crippen LogP contribution < -0.4 is 0 Å². The van der Waals surface area contributed by atoms with Crippen molar-refractivity contribution in [3.05, 3.63) is 0 Å². The maximum Gasteiger partial charge on any atom is 0.101 e. The van der Waals surface area contributed by atoms with Gasteiger partial charge in [0.25, 0.3) is 0 Å². The van der Waals surface area contributed by atoms with E-state index in [1.165, 1.54) is 19.3 Å². The van der Waals surface area contributed by atoms with Crippen molar-refractivity contribution in [3.63, 3.8) is 0 Å². The van der Waals surface area contributed by atoms with Crippen molar-refractivity contribution in [2.24, 2.45) is 0 Å². The summed E-state index contributed by atoms with van der Waals surface area (Å²) in [7, 11) is 1.65. The highest BCUT2D eigenvalue weighted by Crippen LogP contribution is 2.01. The van der Waals surface area contributed by atoms with Crippen LogP contribution in [0.25, 0.3) is 0 Å². The molecule has 0 amide bonds. The summed E-state index contributed by atoms with van der Waals surface area (Å²) in [6.45, 7) is 13.7. The maximum absolute atomic E-state index is 9.96. The summed E-state index contributed by atoms with van der Waals surface area (Å²) in [6.07, 6.45) is 8.38. The Morgan fingerprint density at radius 1 is 0.341 bits per heavy atom. The number of aliphatic hydroxyl groups excluding tert-OH is 1. The lowest BCUT2D eigenvalue weighted by Gasteiger charge is -2.12. The molecule has 0 heterocycles. The van der Waals surface area contributed by atoms with E-state index >= 15 is 0 Å². The zero-order valence-electron chi connectivity index (χ0n) is 28.0. The topological polar surface area (TPSA) is 122 Å². The smallest absolute Gasteiger partial charge is 0.101 e. The predicted octanol–water partition coefficient (Wildman–Crippen LogP) is 3.30. The molecule has 0 bridgehead atoms. The molecule has 0 radical (unpaired) electrons. The van der Waals surface area contributed by atoms with E-state index in [2.05, 4.69) is 6.92 Å². The Labute approximate surface area is 267 Å². The van der Waals surface area contributed by atoms with Gasteiger partial charge in [-0.1, -0.05) is 39.0 Å². The van der Waals surface area contributed by atoms with Crippen LogP contribution in [0.3, 0.4) is 0 Å². The van der Waals surface area contributed by atoms with Gasteiger partial charge in [0.05, 0.1) is 119 Å². The molecule has 1 unspecified atom stereocenters. The summed E-state index contributed by atoms with van der Waals surface area (Å²) in [5, 5.41) is 9.96. The number of unbranched alkanes of at least 4 members (excludes halogenated alkanes) is 6. The molecule has 0 aliphatic carbocycles. The van der Waals surface area contributed by atoms with Gasteiger partial charge in [-0.3, -0.25) is 0 Å². The third-order valence-corrected chi connectivity index (χ3v) is 6.13. The third-order valence-electron chi connectivity index (χ3n) is 6.13. The molecule has 0 aromatic carbocycles. The molecule has 1 N–H and O–H groups in total. The molecule has 1 atom stereocenters. The Kier molecular flexibility index (Phi) is 40.1. The van der Waals surface area contributed by atoms with Crippen molar-refractivity contribution in [2.75, 3.05) is 146 Å². The lowest BCUT2D eigenvalue weighted by atomic mass is 10.2. The second-order valence-electron chi connectivity index (χ2n) is 10.2. The van der Waals surface area contributed by atoms with Gasteiger partial charge in [0, 0.05) is 26.9 Å². The zero-order chi connectivity index (χ0) is 31.9. The molecule has 0 fully saturated rings. The molecule has 0 rings (SSSR count). The molecule has 266 valence electrons. The summed E-state index contributed by atoms with van der Waals surface area (Å²) >= 11 is 0. The van der Waals surface area contributed by atoms with Gasteiger partial charge in [0.15, 0.2) is 0 Å². The summed E-state index contributed by atoms with van der Waals surface area (Å²) < 4.78 is 59.6. The molecule has 12 nitrogen and oxygen atoms in total. The van der Waals surface area contributed by atoms with Crippen LogP contribution in [0.2, 0.25) is 0 Å². The lowest BCUT2D eigenvalue weighted by Crippen LogP contribution is -2.23. The molecule has 0 aliphatic heterocycles. The number of hydrogen-bond acceptors (Lipinski definition) is 12. The summed E-state index contributed by atoms with van der Waals surface area (Å²) in [5.74, 6) is 0. The maximum atomic E-state index is 9.96. The quantitative estimate of drug-likeness (QED) is 0.0988. The van der Waals surface area contributed by atoms with Crippen LogP contribution in [-0.4, -0.2) is 157 Å². The van der Waals surface area contributed by atoms with Crippen LogP contribution in [-0.2, 0) is 52.1 Å². The van der Waals surface area contributed by atoms with Crippen molar-refractivity contribution >= 4 is 0 Å². The number of ether oxygens (including phenoxy) is 11. The Morgan fingerprint density at radius 3 is 0.977 bits per heavy atom. The van der Waals surface area contributed by atoms with Gasteiger partial charge in [-0.2, -0.15) is 0 Å². The van der Waals surface area contributed by atoms with Crippen LogP contribution in [0.5, 0.6) is 0 Å². The summed E-state index contributed by atoms with van der Waals surface area (Å²) in [4.78, 5) is 0. The van der Waals surface area contributed by atoms with Gasteiger partial charge in [-0.25, -0.2) is 0 Å². The first-order valence-electron chi connectivity index (χ1n) is 16.8. The Morgan fingerprint density at radius 2 is 0.614 bits per heavy atom. The minimum Gasteiger partial charge on any atom is -0.388 e. The molecule has 12 heteroatoms. The minimum absolute atomic E-state index is 0.234. The zero-order valence-corrected chi connectivity index (χ0v) is 28.0. The van der Waals surface area contributed by atoms with Gasteiger partial charge < -0.3 is 57.2 Å². The fourth-order valence-electron chi connectivity index (χ4n) is 3.66. The van der Waals surface area contributed by atoms with Crippen LogP contribution in [0.15, 0.2) is 0 Å². The van der Waals surface area contributed by atoms with Gasteiger partial charge in [0.2, 0.25) is 0 Å². The SMILES string of the molecule is CCCCCCOCCOCCOCCOCCOCC(O)COCCCCCCOCCOCCOCCOCCOC. The second kappa shape index (κ2) is 40.5. The average Bonchev–Trinajstić information content (AvgIpc) is 3.03. The molecule has 0 aliphatic rings. The lowest BCUT2D eigenvalue weighted by molar-refractivity contribution is -0.0396. The van der Waals surface area contributed by atoms with E-state index in [-0.39, 0.29) is 13.2 Å². The van der Waals surface area contributed by atoms with Crippen LogP contribution in [0.4, 0.5) is 0 Å². The average molecular weight is 643 g/mol. The van der Waals surface area contributed by atoms with Crippen LogP contribution >= 0.6 is 0 Å². The van der Waals surface area contributed by atoms with Gasteiger partial charge in [-0.15, -0.1) is 0 Å². The van der Waals surface area contributed by atoms with Crippen LogP contribution in [0.1, 0.15) is 58.3 Å². The Bertz CT molecular complexity index is 504. The number of hydrogen-bond donors (Lipinski definition) is 1. The van der Waals surface area contributed by atoms with Gasteiger partial charge >= 0.3 is 0 Å². The van der Waals surface area contributed by atoms with E-state index < -0.39 is 6.10 Å². The van der Waals surface area contributed by atoms with Gasteiger partial charge in [0.1, 0.15) is 6.10 Å². The molecule has 44 heavy (non-hydrogen) atoms. The molecule has 0 spiro atoms. The first-order valence-corrected chi connectivity index (χ1v) is 16.8. The molecular formula is C32H66O12. The van der Waals surface area contributed by atoms with E-state index in [1.54, 1.807) is 7.11 Å². The molecule has 0 aromatic rings. The second-order valence-corrected chi connectivity index (χ2v) is 10.2. The van der Waals surface area contributed by atoms with E-state index in [9.17, 15) is 5.11 Å². The monoisotopic (exact) mass is 642 g/mol. The summed E-state index contributed by atoms with van der Waals surface area (Å²) in [6, 6.07) is 0. The molecule has 0 saturated heterocycles. The van der Waals surface area contributed by atoms with Gasteiger partial charge in [-0.05, 0) is 19.3 Å². The van der Waals surface area contributed by atoms with Crippen molar-refractivity contribution in [3.8, 4) is 0 Å². The Balaban J connectivity index is 3.13. The van der Waals surface area contributed by atoms with Crippen LogP contribution in [0, 0.1) is 0 Å². The predicted molar refractivity (Wildman–Crippen MR) is 169 cm³/mol. The first-order chi connectivity index (χ1) is 21.8. The highest BCUT2D eigenvalue weighted by atomic mass is 16.6. The van der Waals surface area contributed by atoms with E-state index in [0.29, 0.717) is 112 Å². The molecule has 0 saturated carbocycles. The fraction of sp³-hybridized carbons (Fsp3) is 1.00. The first kappa shape index (κ1) is 43.5. The number of rotatable bonds is 40. The Hall–Kier alpha value is -0.480. The van der Waals surface area contributed by atoms with E-state index in [4.69, 9.17) is 52.1 Å². The molecule has 0 aromatic heterocycles. The fourth-order valence-corrected chi connectivity index (χ4v) is 3.66. The number of methoxy groups -OCH3 is 1. The van der Waals surface area contributed by atoms with Crippen molar-refractivity contribution in [1.29, 1.82) is 0 Å². The summed E-state index contributed by atoms with van der Waals surface area (Å²) in [5.41, 5.74) is 0. The molecular weight excluding hydrogens is 576 g/mol. The minimum atomic E-state index is -0.632. The highest BCUT2D eigenvalue weighted by Gasteiger charge is 2.04. The highest BCUT2D eigenvalue weighted by molar-refractivity contribution is 4.52.